The van der Waals surface area contributed by atoms with Crippen molar-refractivity contribution in [3.8, 4) is 0 Å². The van der Waals surface area contributed by atoms with Crippen LogP contribution in [0, 0.1) is 13.8 Å². The Morgan fingerprint density at radius 3 is 2.22 bits per heavy atom. The van der Waals surface area contributed by atoms with Gasteiger partial charge >= 0.3 is 6.18 Å². The molecule has 0 saturated carbocycles. The van der Waals surface area contributed by atoms with Crippen molar-refractivity contribution in [3.05, 3.63) is 59.3 Å². The second kappa shape index (κ2) is 7.56. The molecule has 0 saturated heterocycles. The molecule has 0 atom stereocenters. The minimum absolute atomic E-state index is 0.161. The molecule has 8 heteroatoms. The molecule has 140 valence electrons. The highest BCUT2D eigenvalue weighted by Crippen LogP contribution is 2.35. The molecule has 1 heterocycles. The third-order valence-corrected chi connectivity index (χ3v) is 4.62. The van der Waals surface area contributed by atoms with Crippen LogP contribution in [0.3, 0.4) is 0 Å². The summed E-state index contributed by atoms with van der Waals surface area (Å²) in [7, 11) is 0. The number of aromatic nitrogens is 2. The molecule has 0 aliphatic heterocycles. The normalized spacial score (nSPS) is 11.6. The fourth-order valence-corrected chi connectivity index (χ4v) is 3.45. The van der Waals surface area contributed by atoms with Crippen LogP contribution in [-0.2, 0) is 11.0 Å². The van der Waals surface area contributed by atoms with Crippen LogP contribution in [0.5, 0.6) is 0 Å². The van der Waals surface area contributed by atoms with Gasteiger partial charge in [0, 0.05) is 5.69 Å². The number of hydrogen-bond acceptors (Lipinski definition) is 4. The van der Waals surface area contributed by atoms with Gasteiger partial charge in [0.15, 0.2) is 5.69 Å². The van der Waals surface area contributed by atoms with Crippen LogP contribution in [-0.4, -0.2) is 21.6 Å². The number of nitrogens with zero attached hydrogens (tertiary/aromatic N) is 2. The second-order valence-electron chi connectivity index (χ2n) is 6.08. The molecule has 0 radical (unpaired) electrons. The lowest BCUT2D eigenvalue weighted by atomic mass is 10.1. The average molecular weight is 391 g/mol. The molecule has 3 aromatic rings. The third-order valence-electron chi connectivity index (χ3n) is 3.65. The predicted molar refractivity (Wildman–Crippen MR) is 99.8 cm³/mol. The van der Waals surface area contributed by atoms with Crippen LogP contribution in [0.4, 0.5) is 18.9 Å². The molecule has 0 bridgehead atoms. The largest absolute Gasteiger partial charge is 0.436 e. The molecule has 0 fully saturated rings. The van der Waals surface area contributed by atoms with Gasteiger partial charge in [-0.15, -0.1) is 0 Å². The molecule has 1 aromatic heterocycles. The SMILES string of the molecule is Cc1cc(C)cc(NC(=O)CSc2nc3ccccc3nc2C(F)(F)F)c1. The molecule has 2 aromatic carbocycles. The van der Waals surface area contributed by atoms with E-state index in [0.717, 1.165) is 22.9 Å². The second-order valence-corrected chi connectivity index (χ2v) is 7.04. The zero-order valence-electron chi connectivity index (χ0n) is 14.6. The monoisotopic (exact) mass is 391 g/mol. The number of fused-ring (bicyclic) bond motifs is 1. The Hall–Kier alpha value is -2.61. The standard InChI is InChI=1S/C19H16F3N3OS/c1-11-7-12(2)9-13(8-11)23-16(26)10-27-18-17(19(20,21)22)24-14-5-3-4-6-15(14)25-18/h3-9H,10H2,1-2H3,(H,23,26). The first-order valence-electron chi connectivity index (χ1n) is 8.07. The maximum absolute atomic E-state index is 13.3. The van der Waals surface area contributed by atoms with E-state index in [1.54, 1.807) is 30.3 Å². The van der Waals surface area contributed by atoms with Crippen molar-refractivity contribution < 1.29 is 18.0 Å². The van der Waals surface area contributed by atoms with Crippen molar-refractivity contribution in [2.45, 2.75) is 25.0 Å². The van der Waals surface area contributed by atoms with Gasteiger partial charge in [-0.2, -0.15) is 13.2 Å². The summed E-state index contributed by atoms with van der Waals surface area (Å²) < 4.78 is 40.0. The number of halogens is 3. The molecule has 3 rings (SSSR count). The summed E-state index contributed by atoms with van der Waals surface area (Å²) in [6, 6.07) is 11.9. The van der Waals surface area contributed by atoms with E-state index in [4.69, 9.17) is 0 Å². The Labute approximate surface area is 158 Å². The van der Waals surface area contributed by atoms with Crippen molar-refractivity contribution >= 4 is 34.4 Å². The predicted octanol–water partition coefficient (Wildman–Crippen LogP) is 5.00. The van der Waals surface area contributed by atoms with Gasteiger partial charge in [0.2, 0.25) is 5.91 Å². The number of nitrogens with one attached hydrogen (secondary N) is 1. The molecule has 27 heavy (non-hydrogen) atoms. The van der Waals surface area contributed by atoms with Gasteiger partial charge in [-0.05, 0) is 49.2 Å². The number of amides is 1. The van der Waals surface area contributed by atoms with E-state index in [2.05, 4.69) is 15.3 Å². The van der Waals surface area contributed by atoms with Crippen molar-refractivity contribution in [2.75, 3.05) is 11.1 Å². The summed E-state index contributed by atoms with van der Waals surface area (Å²) in [5.41, 5.74) is 2.01. The van der Waals surface area contributed by atoms with Crippen LogP contribution < -0.4 is 5.32 Å². The minimum Gasteiger partial charge on any atom is -0.325 e. The van der Waals surface area contributed by atoms with Crippen molar-refractivity contribution in [1.82, 2.24) is 9.97 Å². The zero-order chi connectivity index (χ0) is 19.6. The molecular formula is C19H16F3N3OS. The van der Waals surface area contributed by atoms with E-state index in [0.29, 0.717) is 11.2 Å². The Balaban J connectivity index is 1.80. The quantitative estimate of drug-likeness (QED) is 0.636. The van der Waals surface area contributed by atoms with Crippen LogP contribution in [0.2, 0.25) is 0 Å². The highest BCUT2D eigenvalue weighted by molar-refractivity contribution is 8.00. The maximum Gasteiger partial charge on any atom is 0.436 e. The molecule has 0 aliphatic rings. The Bertz CT molecular complexity index is 985. The number of aryl methyl sites for hydroxylation is 2. The van der Waals surface area contributed by atoms with Gasteiger partial charge in [0.1, 0.15) is 5.03 Å². The lowest BCUT2D eigenvalue weighted by Crippen LogP contribution is -2.16. The summed E-state index contributed by atoms with van der Waals surface area (Å²) in [5, 5.41) is 2.39. The highest BCUT2D eigenvalue weighted by atomic mass is 32.2. The van der Waals surface area contributed by atoms with Crippen LogP contribution in [0.15, 0.2) is 47.5 Å². The smallest absolute Gasteiger partial charge is 0.325 e. The Morgan fingerprint density at radius 2 is 1.63 bits per heavy atom. The van der Waals surface area contributed by atoms with Gasteiger partial charge in [-0.25, -0.2) is 9.97 Å². The summed E-state index contributed by atoms with van der Waals surface area (Å²) in [5.74, 6) is -0.614. The number of thioether (sulfide) groups is 1. The number of hydrogen-bond donors (Lipinski definition) is 1. The van der Waals surface area contributed by atoms with Gasteiger partial charge in [0.25, 0.3) is 0 Å². The first kappa shape index (κ1) is 19.2. The van der Waals surface area contributed by atoms with E-state index in [1.807, 2.05) is 19.9 Å². The van der Waals surface area contributed by atoms with Crippen molar-refractivity contribution in [2.24, 2.45) is 0 Å². The van der Waals surface area contributed by atoms with E-state index in [-0.39, 0.29) is 16.3 Å². The summed E-state index contributed by atoms with van der Waals surface area (Å²) >= 11 is 0.719. The number of benzene rings is 2. The fraction of sp³-hybridized carbons (Fsp3) is 0.211. The Morgan fingerprint density at radius 1 is 1.04 bits per heavy atom. The number of rotatable bonds is 4. The van der Waals surface area contributed by atoms with Crippen LogP contribution in [0.25, 0.3) is 11.0 Å². The summed E-state index contributed by atoms with van der Waals surface area (Å²) in [6.07, 6.45) is -4.65. The minimum atomic E-state index is -4.65. The molecular weight excluding hydrogens is 375 g/mol. The number of carbonyl (C=O) groups excluding carboxylic acids is 1. The first-order chi connectivity index (χ1) is 12.7. The van der Waals surface area contributed by atoms with E-state index < -0.39 is 17.8 Å². The summed E-state index contributed by atoms with van der Waals surface area (Å²) in [4.78, 5) is 19.9. The lowest BCUT2D eigenvalue weighted by molar-refractivity contribution is -0.143. The number of carbonyl (C=O) groups is 1. The molecule has 1 N–H and O–H groups in total. The van der Waals surface area contributed by atoms with Gasteiger partial charge in [0.05, 0.1) is 16.8 Å². The van der Waals surface area contributed by atoms with Crippen LogP contribution in [0.1, 0.15) is 16.8 Å². The molecule has 0 aliphatic carbocycles. The molecule has 1 amide bonds. The highest BCUT2D eigenvalue weighted by Gasteiger charge is 2.37. The number of anilines is 1. The van der Waals surface area contributed by atoms with Crippen molar-refractivity contribution in [3.63, 3.8) is 0 Å². The molecule has 0 spiro atoms. The summed E-state index contributed by atoms with van der Waals surface area (Å²) in [6.45, 7) is 3.80. The first-order valence-corrected chi connectivity index (χ1v) is 9.06. The van der Waals surface area contributed by atoms with E-state index >= 15 is 0 Å². The Kier molecular flexibility index (Phi) is 5.36. The fourth-order valence-electron chi connectivity index (χ4n) is 2.65. The van der Waals surface area contributed by atoms with Crippen molar-refractivity contribution in [1.29, 1.82) is 0 Å². The van der Waals surface area contributed by atoms with E-state index in [9.17, 15) is 18.0 Å². The third kappa shape index (κ3) is 4.77. The van der Waals surface area contributed by atoms with E-state index in [1.165, 1.54) is 6.07 Å². The zero-order valence-corrected chi connectivity index (χ0v) is 15.4. The number of alkyl halides is 3. The topological polar surface area (TPSA) is 54.9 Å². The molecule has 4 nitrogen and oxygen atoms in total. The lowest BCUT2D eigenvalue weighted by Gasteiger charge is -2.12. The van der Waals surface area contributed by atoms with Gasteiger partial charge < -0.3 is 5.32 Å². The van der Waals surface area contributed by atoms with Gasteiger partial charge in [-0.1, -0.05) is 30.0 Å². The maximum atomic E-state index is 13.3. The van der Waals surface area contributed by atoms with Crippen LogP contribution >= 0.6 is 11.8 Å². The average Bonchev–Trinajstić information content (AvgIpc) is 2.57. The molecule has 0 unspecified atom stereocenters. The van der Waals surface area contributed by atoms with Gasteiger partial charge in [-0.3, -0.25) is 4.79 Å². The number of para-hydroxylation sites is 2.